The van der Waals surface area contributed by atoms with E-state index in [-0.39, 0.29) is 5.97 Å². The minimum absolute atomic E-state index is 0.356. The molecule has 0 heterocycles. The van der Waals surface area contributed by atoms with E-state index in [0.717, 1.165) is 9.32 Å². The van der Waals surface area contributed by atoms with E-state index in [9.17, 15) is 4.79 Å². The van der Waals surface area contributed by atoms with Crippen LogP contribution < -0.4 is 4.74 Å². The summed E-state index contributed by atoms with van der Waals surface area (Å²) in [6.07, 6.45) is 2.96. The van der Waals surface area contributed by atoms with Crippen molar-refractivity contribution in [1.82, 2.24) is 0 Å². The molecular weight excluding hydrogens is 307 g/mol. The summed E-state index contributed by atoms with van der Waals surface area (Å²) in [7, 11) is 1.34. The fraction of sp³-hybridized carbons (Fsp3) is 0.182. The molecule has 0 amide bonds. The van der Waals surface area contributed by atoms with Crippen molar-refractivity contribution in [2.24, 2.45) is 0 Å². The Morgan fingerprint density at radius 3 is 2.87 bits per heavy atom. The number of hydrogen-bond donors (Lipinski definition) is 0. The van der Waals surface area contributed by atoms with E-state index >= 15 is 0 Å². The first-order chi connectivity index (χ1) is 7.24. The van der Waals surface area contributed by atoms with Gasteiger partial charge in [0.2, 0.25) is 0 Å². The molecule has 0 aliphatic heterocycles. The first-order valence-corrected chi connectivity index (χ1v) is 5.43. The summed E-state index contributed by atoms with van der Waals surface area (Å²) < 4.78 is 10.9. The molecule has 0 N–H and O–H groups in total. The molecular formula is C11H11IO3. The third kappa shape index (κ3) is 4.33. The van der Waals surface area contributed by atoms with Gasteiger partial charge in [0.05, 0.1) is 10.7 Å². The van der Waals surface area contributed by atoms with Crippen molar-refractivity contribution < 1.29 is 14.3 Å². The van der Waals surface area contributed by atoms with Crippen molar-refractivity contribution in [1.29, 1.82) is 0 Å². The lowest BCUT2D eigenvalue weighted by Crippen LogP contribution is -1.98. The zero-order valence-corrected chi connectivity index (χ0v) is 10.4. The number of esters is 1. The summed E-state index contributed by atoms with van der Waals surface area (Å²) in [6, 6.07) is 7.69. The van der Waals surface area contributed by atoms with E-state index in [1.165, 1.54) is 13.2 Å². The number of hydrogen-bond acceptors (Lipinski definition) is 3. The van der Waals surface area contributed by atoms with E-state index in [4.69, 9.17) is 4.74 Å². The van der Waals surface area contributed by atoms with Gasteiger partial charge in [-0.3, -0.25) is 0 Å². The van der Waals surface area contributed by atoms with Crippen LogP contribution in [0.3, 0.4) is 0 Å². The van der Waals surface area contributed by atoms with Crippen LogP contribution in [0.5, 0.6) is 5.75 Å². The third-order valence-corrected chi connectivity index (χ3v) is 2.52. The Morgan fingerprint density at radius 2 is 2.20 bits per heavy atom. The number of rotatable bonds is 4. The second kappa shape index (κ2) is 6.44. The molecule has 0 aliphatic rings. The maximum atomic E-state index is 10.7. The third-order valence-electron chi connectivity index (χ3n) is 1.63. The van der Waals surface area contributed by atoms with Gasteiger partial charge in [-0.15, -0.1) is 0 Å². The van der Waals surface area contributed by atoms with Gasteiger partial charge in [-0.25, -0.2) is 4.79 Å². The van der Waals surface area contributed by atoms with E-state index in [1.807, 2.05) is 24.3 Å². The molecule has 0 saturated carbocycles. The van der Waals surface area contributed by atoms with Gasteiger partial charge in [-0.05, 0) is 40.8 Å². The SMILES string of the molecule is COC(=O)/C=C/COc1ccccc1I. The van der Waals surface area contributed by atoms with Crippen molar-refractivity contribution in [2.75, 3.05) is 13.7 Å². The van der Waals surface area contributed by atoms with Gasteiger partial charge in [0, 0.05) is 6.08 Å². The smallest absolute Gasteiger partial charge is 0.330 e. The van der Waals surface area contributed by atoms with Crippen molar-refractivity contribution >= 4 is 28.6 Å². The van der Waals surface area contributed by atoms with Gasteiger partial charge < -0.3 is 9.47 Å². The molecule has 15 heavy (non-hydrogen) atoms. The highest BCUT2D eigenvalue weighted by Gasteiger charge is 1.97. The predicted octanol–water partition coefficient (Wildman–Crippen LogP) is 2.40. The first kappa shape index (κ1) is 12.0. The number of carbonyl (C=O) groups excluding carboxylic acids is 1. The topological polar surface area (TPSA) is 35.5 Å². The molecule has 0 saturated heterocycles. The number of ether oxygens (including phenoxy) is 2. The highest BCUT2D eigenvalue weighted by atomic mass is 127. The summed E-state index contributed by atoms with van der Waals surface area (Å²) in [5.41, 5.74) is 0. The molecule has 0 atom stereocenters. The number of benzene rings is 1. The Balaban J connectivity index is 2.41. The average molecular weight is 318 g/mol. The number of halogens is 1. The fourth-order valence-electron chi connectivity index (χ4n) is 0.912. The molecule has 0 aromatic heterocycles. The molecule has 0 radical (unpaired) electrons. The van der Waals surface area contributed by atoms with Crippen molar-refractivity contribution in [3.63, 3.8) is 0 Å². The molecule has 1 aromatic rings. The van der Waals surface area contributed by atoms with Crippen LogP contribution in [0.2, 0.25) is 0 Å². The molecule has 0 bridgehead atoms. The Morgan fingerprint density at radius 1 is 1.47 bits per heavy atom. The van der Waals surface area contributed by atoms with Gasteiger partial charge in [-0.2, -0.15) is 0 Å². The normalized spacial score (nSPS) is 10.3. The van der Waals surface area contributed by atoms with Crippen molar-refractivity contribution in [2.45, 2.75) is 0 Å². The molecule has 4 heteroatoms. The van der Waals surface area contributed by atoms with E-state index in [0.29, 0.717) is 6.61 Å². The van der Waals surface area contributed by atoms with Crippen LogP contribution in [0, 0.1) is 3.57 Å². The molecule has 3 nitrogen and oxygen atoms in total. The average Bonchev–Trinajstić information content (AvgIpc) is 2.26. The Hall–Kier alpha value is -1.04. The summed E-state index contributed by atoms with van der Waals surface area (Å²) >= 11 is 2.19. The number of carbonyl (C=O) groups is 1. The van der Waals surface area contributed by atoms with Gasteiger partial charge in [-0.1, -0.05) is 12.1 Å². The summed E-state index contributed by atoms with van der Waals surface area (Å²) in [5.74, 6) is 0.439. The molecule has 1 aromatic carbocycles. The van der Waals surface area contributed by atoms with Gasteiger partial charge >= 0.3 is 5.97 Å². The van der Waals surface area contributed by atoms with Crippen LogP contribution in [-0.2, 0) is 9.53 Å². The standard InChI is InChI=1S/C11H11IO3/c1-14-11(13)7-4-8-15-10-6-3-2-5-9(10)12/h2-7H,8H2,1H3/b7-4+. The molecule has 0 fully saturated rings. The fourth-order valence-corrected chi connectivity index (χ4v) is 1.46. The Labute approximate surface area is 102 Å². The maximum absolute atomic E-state index is 10.7. The van der Waals surface area contributed by atoms with Gasteiger partial charge in [0.1, 0.15) is 12.4 Å². The second-order valence-corrected chi connectivity index (χ2v) is 3.83. The minimum atomic E-state index is -0.374. The zero-order valence-electron chi connectivity index (χ0n) is 8.27. The van der Waals surface area contributed by atoms with Crippen molar-refractivity contribution in [3.05, 3.63) is 40.0 Å². The quantitative estimate of drug-likeness (QED) is 0.486. The van der Waals surface area contributed by atoms with E-state index in [2.05, 4.69) is 27.3 Å². The molecule has 1 rings (SSSR count). The summed E-state index contributed by atoms with van der Waals surface area (Å²) in [6.45, 7) is 0.356. The lowest BCUT2D eigenvalue weighted by molar-refractivity contribution is -0.134. The first-order valence-electron chi connectivity index (χ1n) is 4.36. The monoisotopic (exact) mass is 318 g/mol. The lowest BCUT2D eigenvalue weighted by atomic mass is 10.3. The Kier molecular flexibility index (Phi) is 5.17. The van der Waals surface area contributed by atoms with Crippen LogP contribution >= 0.6 is 22.6 Å². The van der Waals surface area contributed by atoms with Crippen LogP contribution in [0.1, 0.15) is 0 Å². The van der Waals surface area contributed by atoms with Crippen molar-refractivity contribution in [3.8, 4) is 5.75 Å². The molecule has 0 unspecified atom stereocenters. The number of para-hydroxylation sites is 1. The summed E-state index contributed by atoms with van der Waals surface area (Å²) in [4.78, 5) is 10.7. The summed E-state index contributed by atoms with van der Waals surface area (Å²) in [5, 5.41) is 0. The van der Waals surface area contributed by atoms with Crippen LogP contribution in [0.4, 0.5) is 0 Å². The molecule has 0 spiro atoms. The second-order valence-electron chi connectivity index (χ2n) is 2.67. The number of methoxy groups -OCH3 is 1. The highest BCUT2D eigenvalue weighted by molar-refractivity contribution is 14.1. The van der Waals surface area contributed by atoms with E-state index < -0.39 is 0 Å². The molecule has 80 valence electrons. The largest absolute Gasteiger partial charge is 0.488 e. The minimum Gasteiger partial charge on any atom is -0.488 e. The van der Waals surface area contributed by atoms with Crippen LogP contribution in [0.25, 0.3) is 0 Å². The predicted molar refractivity (Wildman–Crippen MR) is 65.8 cm³/mol. The lowest BCUT2D eigenvalue weighted by Gasteiger charge is -2.04. The highest BCUT2D eigenvalue weighted by Crippen LogP contribution is 2.19. The van der Waals surface area contributed by atoms with Crippen LogP contribution in [0.15, 0.2) is 36.4 Å². The Bertz CT molecular complexity index is 361. The zero-order chi connectivity index (χ0) is 11.1. The van der Waals surface area contributed by atoms with Crippen LogP contribution in [-0.4, -0.2) is 19.7 Å². The van der Waals surface area contributed by atoms with Gasteiger partial charge in [0.15, 0.2) is 0 Å². The van der Waals surface area contributed by atoms with E-state index in [1.54, 1.807) is 6.08 Å². The van der Waals surface area contributed by atoms with Gasteiger partial charge in [0.25, 0.3) is 0 Å². The maximum Gasteiger partial charge on any atom is 0.330 e. The molecule has 0 aliphatic carbocycles.